The number of hydrogen-bond donors (Lipinski definition) is 2. The fourth-order valence-electron chi connectivity index (χ4n) is 2.15. The predicted octanol–water partition coefficient (Wildman–Crippen LogP) is 1.86. The van der Waals surface area contributed by atoms with Gasteiger partial charge < -0.3 is 20.1 Å². The summed E-state index contributed by atoms with van der Waals surface area (Å²) in [6.45, 7) is 5.04. The van der Waals surface area contributed by atoms with Crippen LogP contribution in [-0.2, 0) is 16.0 Å². The van der Waals surface area contributed by atoms with Crippen LogP contribution in [0.1, 0.15) is 17.7 Å². The first-order valence-corrected chi connectivity index (χ1v) is 8.39. The van der Waals surface area contributed by atoms with E-state index in [1.807, 2.05) is 0 Å². The van der Waals surface area contributed by atoms with Gasteiger partial charge in [-0.15, -0.1) is 11.3 Å². The van der Waals surface area contributed by atoms with Gasteiger partial charge in [0.15, 0.2) is 5.96 Å². The maximum Gasteiger partial charge on any atom is 0.191 e. The standard InChI is InChI=1S/C15H25N3O2S/c1-16-15(18-10-14-4-2-9-21-14)17-6-3-7-19-11-13-5-8-20-12-13/h2,4,9,13H,3,5-8,10-12H2,1H3,(H2,16,17,18). The second-order valence-electron chi connectivity index (χ2n) is 5.09. The Hall–Kier alpha value is -1.11. The molecule has 2 rings (SSSR count). The smallest absolute Gasteiger partial charge is 0.191 e. The molecule has 1 fully saturated rings. The second-order valence-corrected chi connectivity index (χ2v) is 6.12. The molecule has 1 unspecified atom stereocenters. The molecule has 1 atom stereocenters. The number of aliphatic imine (C=N–C) groups is 1. The lowest BCUT2D eigenvalue weighted by Gasteiger charge is -2.12. The summed E-state index contributed by atoms with van der Waals surface area (Å²) in [6.07, 6.45) is 2.12. The van der Waals surface area contributed by atoms with Crippen LogP contribution in [0.5, 0.6) is 0 Å². The van der Waals surface area contributed by atoms with Crippen molar-refractivity contribution >= 4 is 17.3 Å². The number of rotatable bonds is 8. The van der Waals surface area contributed by atoms with Crippen molar-refractivity contribution in [3.05, 3.63) is 22.4 Å². The van der Waals surface area contributed by atoms with E-state index < -0.39 is 0 Å². The van der Waals surface area contributed by atoms with E-state index in [1.165, 1.54) is 4.88 Å². The maximum atomic E-state index is 5.67. The van der Waals surface area contributed by atoms with Gasteiger partial charge in [-0.25, -0.2) is 0 Å². The molecule has 2 N–H and O–H groups in total. The van der Waals surface area contributed by atoms with E-state index in [1.54, 1.807) is 18.4 Å². The van der Waals surface area contributed by atoms with Gasteiger partial charge in [-0.3, -0.25) is 4.99 Å². The molecule has 21 heavy (non-hydrogen) atoms. The molecule has 118 valence electrons. The number of nitrogens with one attached hydrogen (secondary N) is 2. The van der Waals surface area contributed by atoms with Gasteiger partial charge >= 0.3 is 0 Å². The third-order valence-corrected chi connectivity index (χ3v) is 4.25. The van der Waals surface area contributed by atoms with Gasteiger partial charge in [0.2, 0.25) is 0 Å². The van der Waals surface area contributed by atoms with Crippen LogP contribution in [-0.4, -0.2) is 46.0 Å². The van der Waals surface area contributed by atoms with Crippen LogP contribution in [0, 0.1) is 5.92 Å². The third kappa shape index (κ3) is 6.46. The molecule has 1 saturated heterocycles. The highest BCUT2D eigenvalue weighted by molar-refractivity contribution is 7.09. The van der Waals surface area contributed by atoms with Crippen LogP contribution in [0.4, 0.5) is 0 Å². The summed E-state index contributed by atoms with van der Waals surface area (Å²) < 4.78 is 11.0. The van der Waals surface area contributed by atoms with Gasteiger partial charge in [0.1, 0.15) is 0 Å². The lowest BCUT2D eigenvalue weighted by atomic mass is 10.1. The Morgan fingerprint density at radius 1 is 1.52 bits per heavy atom. The summed E-state index contributed by atoms with van der Waals surface area (Å²) in [4.78, 5) is 5.52. The Balaban J connectivity index is 1.48. The van der Waals surface area contributed by atoms with Crippen LogP contribution in [0.25, 0.3) is 0 Å². The average molecular weight is 311 g/mol. The Morgan fingerprint density at radius 3 is 3.19 bits per heavy atom. The molecule has 1 aromatic rings. The Labute approximate surface area is 130 Å². The van der Waals surface area contributed by atoms with Crippen LogP contribution in [0.3, 0.4) is 0 Å². The monoisotopic (exact) mass is 311 g/mol. The Kier molecular flexibility index (Phi) is 7.56. The molecular formula is C15H25N3O2S. The number of nitrogens with zero attached hydrogens (tertiary/aromatic N) is 1. The van der Waals surface area contributed by atoms with E-state index in [2.05, 4.69) is 33.1 Å². The number of guanidine groups is 1. The first kappa shape index (κ1) is 16.3. The first-order chi connectivity index (χ1) is 10.4. The fraction of sp³-hybridized carbons (Fsp3) is 0.667. The predicted molar refractivity (Wildman–Crippen MR) is 86.9 cm³/mol. The molecule has 5 nitrogen and oxygen atoms in total. The minimum Gasteiger partial charge on any atom is -0.381 e. The van der Waals surface area contributed by atoms with Crippen LogP contribution in [0.15, 0.2) is 22.5 Å². The van der Waals surface area contributed by atoms with Crippen molar-refractivity contribution in [2.45, 2.75) is 19.4 Å². The Morgan fingerprint density at radius 2 is 2.48 bits per heavy atom. The van der Waals surface area contributed by atoms with Crippen molar-refractivity contribution in [3.8, 4) is 0 Å². The summed E-state index contributed by atoms with van der Waals surface area (Å²) in [6, 6.07) is 4.18. The normalized spacial score (nSPS) is 18.9. The molecule has 1 aliphatic rings. The van der Waals surface area contributed by atoms with E-state index in [0.717, 1.165) is 58.3 Å². The van der Waals surface area contributed by atoms with Gasteiger partial charge in [0, 0.05) is 37.6 Å². The molecule has 6 heteroatoms. The highest BCUT2D eigenvalue weighted by Gasteiger charge is 2.15. The van der Waals surface area contributed by atoms with Crippen molar-refractivity contribution in [3.63, 3.8) is 0 Å². The van der Waals surface area contributed by atoms with Crippen LogP contribution < -0.4 is 10.6 Å². The molecule has 0 bridgehead atoms. The quantitative estimate of drug-likeness (QED) is 0.437. The number of thiophene rings is 1. The van der Waals surface area contributed by atoms with Crippen LogP contribution in [0.2, 0.25) is 0 Å². The molecule has 0 saturated carbocycles. The van der Waals surface area contributed by atoms with Gasteiger partial charge in [-0.05, 0) is 24.3 Å². The largest absolute Gasteiger partial charge is 0.381 e. The lowest BCUT2D eigenvalue weighted by molar-refractivity contribution is 0.0888. The van der Waals surface area contributed by atoms with E-state index in [-0.39, 0.29) is 0 Å². The lowest BCUT2D eigenvalue weighted by Crippen LogP contribution is -2.37. The van der Waals surface area contributed by atoms with Gasteiger partial charge in [-0.2, -0.15) is 0 Å². The Bertz CT molecular complexity index is 403. The van der Waals surface area contributed by atoms with Gasteiger partial charge in [0.05, 0.1) is 19.8 Å². The zero-order valence-corrected chi connectivity index (χ0v) is 13.5. The second kappa shape index (κ2) is 9.76. The first-order valence-electron chi connectivity index (χ1n) is 7.51. The highest BCUT2D eigenvalue weighted by atomic mass is 32.1. The topological polar surface area (TPSA) is 54.9 Å². The van der Waals surface area contributed by atoms with Gasteiger partial charge in [-0.1, -0.05) is 6.07 Å². The highest BCUT2D eigenvalue weighted by Crippen LogP contribution is 2.12. The minimum absolute atomic E-state index is 0.596. The summed E-state index contributed by atoms with van der Waals surface area (Å²) >= 11 is 1.75. The summed E-state index contributed by atoms with van der Waals surface area (Å²) in [5, 5.41) is 8.68. The maximum absolute atomic E-state index is 5.67. The summed E-state index contributed by atoms with van der Waals surface area (Å²) in [5.41, 5.74) is 0. The fourth-order valence-corrected chi connectivity index (χ4v) is 2.79. The van der Waals surface area contributed by atoms with E-state index in [0.29, 0.717) is 5.92 Å². The molecule has 0 amide bonds. The molecule has 0 spiro atoms. The van der Waals surface area contributed by atoms with E-state index in [9.17, 15) is 0 Å². The van der Waals surface area contributed by atoms with Crippen molar-refractivity contribution < 1.29 is 9.47 Å². The SMILES string of the molecule is CN=C(NCCCOCC1CCOC1)NCc1cccs1. The van der Waals surface area contributed by atoms with E-state index >= 15 is 0 Å². The number of ether oxygens (including phenoxy) is 2. The van der Waals surface area contributed by atoms with Crippen LogP contribution >= 0.6 is 11.3 Å². The molecule has 1 aromatic heterocycles. The molecular weight excluding hydrogens is 286 g/mol. The zero-order valence-electron chi connectivity index (χ0n) is 12.6. The van der Waals surface area contributed by atoms with Crippen molar-refractivity contribution in [2.75, 3.05) is 40.0 Å². The number of hydrogen-bond acceptors (Lipinski definition) is 4. The van der Waals surface area contributed by atoms with Crippen molar-refractivity contribution in [1.82, 2.24) is 10.6 Å². The third-order valence-electron chi connectivity index (χ3n) is 3.37. The summed E-state index contributed by atoms with van der Waals surface area (Å²) in [7, 11) is 1.79. The average Bonchev–Trinajstić information content (AvgIpc) is 3.19. The van der Waals surface area contributed by atoms with Crippen molar-refractivity contribution in [2.24, 2.45) is 10.9 Å². The molecule has 0 radical (unpaired) electrons. The molecule has 0 aromatic carbocycles. The zero-order chi connectivity index (χ0) is 14.8. The van der Waals surface area contributed by atoms with E-state index in [4.69, 9.17) is 9.47 Å². The molecule has 0 aliphatic carbocycles. The molecule has 2 heterocycles. The van der Waals surface area contributed by atoms with Gasteiger partial charge in [0.25, 0.3) is 0 Å². The summed E-state index contributed by atoms with van der Waals surface area (Å²) in [5.74, 6) is 1.44. The minimum atomic E-state index is 0.596. The van der Waals surface area contributed by atoms with Crippen molar-refractivity contribution in [1.29, 1.82) is 0 Å². The molecule has 1 aliphatic heterocycles.